The molecule has 0 radical (unpaired) electrons. The quantitative estimate of drug-likeness (QED) is 0.0181. The number of aliphatic hydroxyl groups excluding tert-OH is 1. The molecule has 0 amide bonds. The molecule has 16 atom stereocenters. The van der Waals surface area contributed by atoms with Crippen molar-refractivity contribution in [2.45, 2.75) is 299 Å². The average Bonchev–Trinajstić information content (AvgIpc) is 0.749. The van der Waals surface area contributed by atoms with Crippen LogP contribution in [0.1, 0.15) is 184 Å². The van der Waals surface area contributed by atoms with E-state index in [0.29, 0.717) is 0 Å². The van der Waals surface area contributed by atoms with Gasteiger partial charge in [-0.3, -0.25) is 0 Å². The Balaban J connectivity index is 0.000000374. The molecule has 0 spiro atoms. The van der Waals surface area contributed by atoms with Crippen molar-refractivity contribution in [1.29, 1.82) is 0 Å². The Morgan fingerprint density at radius 3 is 0.483 bits per heavy atom. The fourth-order valence-corrected chi connectivity index (χ4v) is 28.5. The van der Waals surface area contributed by atoms with Crippen molar-refractivity contribution < 1.29 is 172 Å². The molecule has 36 nitrogen and oxygen atoms in total. The lowest BCUT2D eigenvalue weighted by atomic mass is 10.2. The van der Waals surface area contributed by atoms with E-state index >= 15 is 0 Å². The lowest BCUT2D eigenvalue weighted by Crippen LogP contribution is -2.68. The molecule has 0 aromatic heterocycles. The summed E-state index contributed by atoms with van der Waals surface area (Å²) in [5, 5.41) is 31.2. The van der Waals surface area contributed by atoms with E-state index in [2.05, 4.69) is 75.3 Å². The van der Waals surface area contributed by atoms with Gasteiger partial charge in [0.15, 0.2) is 73.2 Å². The number of hydrogen-bond donors (Lipinski definition) is 3. The molecule has 3 N–H and O–H groups in total. The standard InChI is InChI=1S/C37H48O15Si.C34H44O13Si.C29H34O5Si.C10H12O3/c1-21(30(38)39)46-31(40)22(2)47-32(41)23(3)48-33(42)24(4)49-34(43)25(5)50-35(44)26(6)51-36(45)27(7)52-53(37(8,9)10,28-17-13-11-14-18-28)29-19-15-12-16-20-29;1-20(28(35)36)42-29(37)21(2)43-30(38)22(3)44-31(39)23(4)45-32(40)24(5)46-33(41)25(6)47-48(34(7,8)9,26-16-12-10-13-17-26)27-18-14-11-15-19-27;1-22(27(30)32-21-24-15-9-6-10-16-24)33-28(31)23(2)34-35(29(3,4)5,25-17-11-7-12-18-25)26-19-13-8-14-20-26;1-8(11)10(12)13-7-9-5-3-2-4-6-9/h11-27H,1-10H3,(H,38,39);10-25H,1-9H3,(H,35,36);6-20,22-23H,21H2,1-5H3;2-6,8,11H,7H2,1H3/t21-,22-,23-,24-,25-,26-,27+;20-,21-,22-,23-,24-,25+;22-,23+;8-/m1110/s1. The van der Waals surface area contributed by atoms with Crippen molar-refractivity contribution >= 4 is 152 Å². The highest BCUT2D eigenvalue weighted by atomic mass is 28.4. The molecule has 0 fully saturated rings. The fourth-order valence-electron chi connectivity index (χ4n) is 14.5. The van der Waals surface area contributed by atoms with Gasteiger partial charge >= 0.3 is 95.5 Å². The summed E-state index contributed by atoms with van der Waals surface area (Å²) < 4.78 is 90.7. The summed E-state index contributed by atoms with van der Waals surface area (Å²) in [7, 11) is -9.18. The summed E-state index contributed by atoms with van der Waals surface area (Å²) in [6, 6.07) is 77.4. The molecule has 806 valence electrons. The summed E-state index contributed by atoms with van der Waals surface area (Å²) in [5.41, 5.74) is 1.78. The van der Waals surface area contributed by atoms with Crippen LogP contribution in [0.5, 0.6) is 0 Å². The SMILES string of the molecule is C[C@H](O)C(=O)OCc1ccccc1.C[C@H](O[Si](c1ccccc1)(c1ccccc1)C(C)(C)C)C(=O)O[C@H](C)C(=O)OCc1ccccc1.C[C@H](O[Si](c1ccccc1)(c1ccccc1)C(C)(C)C)C(=O)O[C@H](C)C(=O)O[C@H](C)C(=O)O[C@H](C)C(=O)O[C@H](C)C(=O)O[C@H](C)C(=O)O.C[C@H](O[Si](c1ccccc1)(c1ccccc1)C(C)(C)C)C(=O)O[C@H](C)C(=O)O[C@H](C)C(=O)O[C@H](C)C(=O)O[C@H](C)C(=O)O[C@H](C)C(=O)O[C@H](C)C(=O)O. The molecule has 39 heteroatoms. The highest BCUT2D eigenvalue weighted by Gasteiger charge is 2.56. The summed E-state index contributed by atoms with van der Waals surface area (Å²) in [6.07, 6.45) is -21.8. The van der Waals surface area contributed by atoms with E-state index in [4.69, 9.17) is 85.4 Å². The molecule has 0 unspecified atom stereocenters. The minimum atomic E-state index is -3.14. The number of carboxylic acid groups (broad SMARTS) is 2. The van der Waals surface area contributed by atoms with E-state index in [1.807, 2.05) is 239 Å². The summed E-state index contributed by atoms with van der Waals surface area (Å²) in [4.78, 5) is 196. The number of hydrogen-bond acceptors (Lipinski definition) is 34. The lowest BCUT2D eigenvalue weighted by Gasteiger charge is -2.44. The van der Waals surface area contributed by atoms with Crippen LogP contribution >= 0.6 is 0 Å². The Morgan fingerprint density at radius 2 is 0.336 bits per heavy atom. The van der Waals surface area contributed by atoms with Crippen LogP contribution in [0.4, 0.5) is 0 Å². The third kappa shape index (κ3) is 37.2. The van der Waals surface area contributed by atoms with Crippen molar-refractivity contribution in [1.82, 2.24) is 0 Å². The van der Waals surface area contributed by atoms with Gasteiger partial charge in [-0.15, -0.1) is 0 Å². The summed E-state index contributed by atoms with van der Waals surface area (Å²) in [6.45, 7) is 39.5. The Morgan fingerprint density at radius 1 is 0.201 bits per heavy atom. The number of carbonyl (C=O) groups excluding carboxylic acids is 14. The van der Waals surface area contributed by atoms with Gasteiger partial charge < -0.3 is 94.9 Å². The maximum Gasteiger partial charge on any atom is 0.347 e. The second kappa shape index (κ2) is 58.5. The van der Waals surface area contributed by atoms with E-state index in [0.717, 1.165) is 90.7 Å². The third-order valence-corrected chi connectivity index (χ3v) is 38.0. The second-order valence-electron chi connectivity index (χ2n) is 37.8. The van der Waals surface area contributed by atoms with Crippen LogP contribution in [0.3, 0.4) is 0 Å². The van der Waals surface area contributed by atoms with Gasteiger partial charge in [0.05, 0.1) is 0 Å². The number of benzene rings is 8. The maximum absolute atomic E-state index is 13.3. The van der Waals surface area contributed by atoms with Gasteiger partial charge in [0.1, 0.15) is 37.6 Å². The molecule has 0 aliphatic heterocycles. The Hall–Kier alpha value is -14.2. The average molecular weight is 2120 g/mol. The van der Waals surface area contributed by atoms with Crippen LogP contribution in [0.2, 0.25) is 15.1 Å². The molecule has 8 aromatic rings. The fraction of sp³-hybridized carbons (Fsp3) is 0.418. The number of aliphatic hydroxyl groups is 1. The molecule has 0 bridgehead atoms. The van der Waals surface area contributed by atoms with E-state index in [-0.39, 0.29) is 18.3 Å². The van der Waals surface area contributed by atoms with Gasteiger partial charge in [0, 0.05) is 0 Å². The molecular weight excluding hydrogens is 1980 g/mol. The predicted molar refractivity (Wildman–Crippen MR) is 551 cm³/mol. The zero-order chi connectivity index (χ0) is 112. The molecule has 8 rings (SSSR count). The molecule has 149 heavy (non-hydrogen) atoms. The van der Waals surface area contributed by atoms with Gasteiger partial charge in [-0.2, -0.15) is 0 Å². The first-order chi connectivity index (χ1) is 69.8. The van der Waals surface area contributed by atoms with Gasteiger partial charge in [-0.05, 0) is 168 Å². The molecule has 0 aliphatic carbocycles. The van der Waals surface area contributed by atoms with Gasteiger partial charge in [-0.25, -0.2) is 76.7 Å². The smallest absolute Gasteiger partial charge is 0.347 e. The molecule has 0 heterocycles. The van der Waals surface area contributed by atoms with Crippen LogP contribution < -0.4 is 31.1 Å². The number of ether oxygens (including phenoxy) is 14. The van der Waals surface area contributed by atoms with E-state index < -0.39 is 228 Å². The summed E-state index contributed by atoms with van der Waals surface area (Å²) >= 11 is 0. The largest absolute Gasteiger partial charge is 0.479 e. The predicted octanol–water partition coefficient (Wildman–Crippen LogP) is 11.1. The van der Waals surface area contributed by atoms with Crippen LogP contribution in [-0.4, -0.2) is 233 Å². The van der Waals surface area contributed by atoms with Gasteiger partial charge in [0.25, 0.3) is 25.0 Å². The molecule has 0 saturated carbocycles. The Labute approximate surface area is 871 Å². The Bertz CT molecular complexity index is 5590. The van der Waals surface area contributed by atoms with E-state index in [1.54, 1.807) is 13.8 Å². The first-order valence-electron chi connectivity index (χ1n) is 48.2. The second-order valence-corrected chi connectivity index (χ2v) is 50.5. The highest BCUT2D eigenvalue weighted by Crippen LogP contribution is 2.41. The normalized spacial score (nSPS) is 14.7. The molecule has 0 saturated heterocycles. The van der Waals surface area contributed by atoms with Crippen molar-refractivity contribution in [3.63, 3.8) is 0 Å². The number of aliphatic carboxylic acids is 2. The topological polar surface area (TPSA) is 491 Å². The number of esters is 14. The van der Waals surface area contributed by atoms with Crippen molar-refractivity contribution in [3.8, 4) is 0 Å². The lowest BCUT2D eigenvalue weighted by molar-refractivity contribution is -0.188. The maximum atomic E-state index is 13.3. The van der Waals surface area contributed by atoms with Gasteiger partial charge in [-0.1, -0.05) is 305 Å². The van der Waals surface area contributed by atoms with Crippen LogP contribution in [0.25, 0.3) is 0 Å². The van der Waals surface area contributed by atoms with E-state index in [1.165, 1.54) is 48.5 Å². The first kappa shape index (κ1) is 125. The number of carboxylic acids is 2. The van der Waals surface area contributed by atoms with Crippen LogP contribution in [-0.2, 0) is 170 Å². The monoisotopic (exact) mass is 2120 g/mol. The minimum absolute atomic E-state index is 0.121. The van der Waals surface area contributed by atoms with E-state index in [9.17, 15) is 76.7 Å². The highest BCUT2D eigenvalue weighted by molar-refractivity contribution is 7.01. The van der Waals surface area contributed by atoms with Crippen molar-refractivity contribution in [2.24, 2.45) is 0 Å². The zero-order valence-corrected chi connectivity index (χ0v) is 91.6. The minimum Gasteiger partial charge on any atom is -0.479 e. The molecule has 0 aliphatic rings. The zero-order valence-electron chi connectivity index (χ0n) is 88.6. The van der Waals surface area contributed by atoms with Crippen LogP contribution in [0, 0.1) is 0 Å². The third-order valence-electron chi connectivity index (χ3n) is 22.6. The van der Waals surface area contributed by atoms with Gasteiger partial charge in [0.2, 0.25) is 0 Å². The number of rotatable bonds is 44. The summed E-state index contributed by atoms with van der Waals surface area (Å²) in [5.74, 6) is -16.4. The Kier molecular flexibility index (Phi) is 49.2. The molecular formula is C110H138O36Si3. The first-order valence-corrected chi connectivity index (χ1v) is 53.9. The van der Waals surface area contributed by atoms with Crippen molar-refractivity contribution in [2.75, 3.05) is 0 Å². The molecule has 8 aromatic carbocycles. The van der Waals surface area contributed by atoms with Crippen molar-refractivity contribution in [3.05, 3.63) is 254 Å². The van der Waals surface area contributed by atoms with Crippen LogP contribution in [0.15, 0.2) is 243 Å². The number of carbonyl (C=O) groups is 16.